The largest absolute Gasteiger partial charge is 0.310 e. The minimum absolute atomic E-state index is 0.179. The third kappa shape index (κ3) is 4.44. The molecular weight excluding hydrogens is 280 g/mol. The zero-order valence-corrected chi connectivity index (χ0v) is 13.8. The molecule has 1 saturated heterocycles. The maximum absolute atomic E-state index is 4.71. The average Bonchev–Trinajstić information content (AvgIpc) is 2.79. The van der Waals surface area contributed by atoms with Crippen LogP contribution in [0.15, 0.2) is 5.38 Å². The highest BCUT2D eigenvalue weighted by molar-refractivity contribution is 8.06. The van der Waals surface area contributed by atoms with E-state index in [9.17, 15) is 0 Å². The summed E-state index contributed by atoms with van der Waals surface area (Å²) in [5.74, 6) is 3.92. The van der Waals surface area contributed by atoms with Crippen molar-refractivity contribution >= 4 is 34.9 Å². The van der Waals surface area contributed by atoms with Gasteiger partial charge in [0, 0.05) is 46.4 Å². The molecule has 5 heteroatoms. The van der Waals surface area contributed by atoms with Crippen LogP contribution in [0.2, 0.25) is 0 Å². The first kappa shape index (κ1) is 14.7. The Morgan fingerprint density at radius 1 is 1.39 bits per heavy atom. The third-order valence-corrected chi connectivity index (χ3v) is 6.92. The summed E-state index contributed by atoms with van der Waals surface area (Å²) in [6.45, 7) is 8.69. The Balaban J connectivity index is 1.74. The van der Waals surface area contributed by atoms with E-state index in [1.807, 2.05) is 0 Å². The molecule has 0 amide bonds. The number of aromatic nitrogens is 1. The van der Waals surface area contributed by atoms with E-state index in [0.717, 1.165) is 18.3 Å². The molecule has 102 valence electrons. The summed E-state index contributed by atoms with van der Waals surface area (Å²) < 4.78 is 0. The lowest BCUT2D eigenvalue weighted by Gasteiger charge is -2.20. The van der Waals surface area contributed by atoms with Crippen LogP contribution < -0.4 is 5.32 Å². The molecule has 1 aliphatic rings. The second-order valence-corrected chi connectivity index (χ2v) is 9.01. The van der Waals surface area contributed by atoms with Crippen molar-refractivity contribution in [3.63, 3.8) is 0 Å². The van der Waals surface area contributed by atoms with Crippen LogP contribution >= 0.6 is 34.9 Å². The molecule has 1 atom stereocenters. The van der Waals surface area contributed by atoms with Crippen molar-refractivity contribution in [2.24, 2.45) is 0 Å². The van der Waals surface area contributed by atoms with E-state index in [1.54, 1.807) is 11.3 Å². The molecule has 2 nitrogen and oxygen atoms in total. The highest BCUT2D eigenvalue weighted by Crippen LogP contribution is 2.26. The van der Waals surface area contributed by atoms with Crippen LogP contribution in [0.25, 0.3) is 0 Å². The van der Waals surface area contributed by atoms with E-state index >= 15 is 0 Å². The molecule has 0 aliphatic carbocycles. The van der Waals surface area contributed by atoms with E-state index in [4.69, 9.17) is 4.98 Å². The zero-order chi connectivity index (χ0) is 13.0. The van der Waals surface area contributed by atoms with Gasteiger partial charge in [0.1, 0.15) is 0 Å². The number of hydrogen-bond acceptors (Lipinski definition) is 5. The Kier molecular flexibility index (Phi) is 5.42. The van der Waals surface area contributed by atoms with Gasteiger partial charge in [0.15, 0.2) is 0 Å². The van der Waals surface area contributed by atoms with Gasteiger partial charge in [-0.15, -0.1) is 11.3 Å². The first-order valence-corrected chi connectivity index (χ1v) is 9.49. The van der Waals surface area contributed by atoms with Gasteiger partial charge >= 0.3 is 0 Å². The van der Waals surface area contributed by atoms with E-state index < -0.39 is 0 Å². The quantitative estimate of drug-likeness (QED) is 0.922. The molecule has 1 aliphatic heterocycles. The number of thiazole rings is 1. The van der Waals surface area contributed by atoms with Crippen molar-refractivity contribution in [2.75, 3.05) is 23.8 Å². The Labute approximate surface area is 123 Å². The molecule has 0 spiro atoms. The lowest BCUT2D eigenvalue weighted by atomic mass is 9.98. The standard InChI is InChI=1S/C13H22N2S3/c1-13(2,3)12-15-10(8-18-12)6-14-7-11-9-16-4-5-17-11/h8,11,14H,4-7,9H2,1-3H3. The van der Waals surface area contributed by atoms with E-state index in [1.165, 1.54) is 28.0 Å². The Morgan fingerprint density at radius 2 is 2.22 bits per heavy atom. The second-order valence-electron chi connectivity index (χ2n) is 5.59. The van der Waals surface area contributed by atoms with Gasteiger partial charge in [-0.05, 0) is 0 Å². The molecule has 2 rings (SSSR count). The van der Waals surface area contributed by atoms with Crippen LogP contribution in [0.4, 0.5) is 0 Å². The molecule has 1 aromatic rings. The van der Waals surface area contributed by atoms with Crippen LogP contribution in [0, 0.1) is 0 Å². The maximum atomic E-state index is 4.71. The highest BCUT2D eigenvalue weighted by Gasteiger charge is 2.18. The smallest absolute Gasteiger partial charge is 0.0982 e. The van der Waals surface area contributed by atoms with Gasteiger partial charge in [-0.2, -0.15) is 23.5 Å². The molecule has 0 bridgehead atoms. The summed E-state index contributed by atoms with van der Waals surface area (Å²) in [5, 5.41) is 7.76. The predicted molar refractivity (Wildman–Crippen MR) is 86.1 cm³/mol. The summed E-state index contributed by atoms with van der Waals surface area (Å²) in [4.78, 5) is 4.71. The lowest BCUT2D eigenvalue weighted by Crippen LogP contribution is -2.28. The van der Waals surface area contributed by atoms with Gasteiger partial charge in [0.25, 0.3) is 0 Å². The molecule has 0 saturated carbocycles. The lowest BCUT2D eigenvalue weighted by molar-refractivity contribution is 0.579. The number of nitrogens with one attached hydrogen (secondary N) is 1. The SMILES string of the molecule is CC(C)(C)c1nc(CNCC2CSCCS2)cs1. The predicted octanol–water partition coefficient (Wildman–Crippen LogP) is 3.38. The summed E-state index contributed by atoms with van der Waals surface area (Å²) in [6, 6.07) is 0. The summed E-state index contributed by atoms with van der Waals surface area (Å²) in [7, 11) is 0. The third-order valence-electron chi connectivity index (χ3n) is 2.76. The number of rotatable bonds is 4. The monoisotopic (exact) mass is 302 g/mol. The molecule has 18 heavy (non-hydrogen) atoms. The fourth-order valence-electron chi connectivity index (χ4n) is 1.75. The van der Waals surface area contributed by atoms with Crippen LogP contribution in [0.5, 0.6) is 0 Å². The number of thioether (sulfide) groups is 2. The second kappa shape index (κ2) is 6.64. The van der Waals surface area contributed by atoms with Crippen molar-refractivity contribution in [3.05, 3.63) is 16.1 Å². The molecular formula is C13H22N2S3. The summed E-state index contributed by atoms with van der Waals surface area (Å²) in [6.07, 6.45) is 0. The molecule has 0 radical (unpaired) electrons. The zero-order valence-electron chi connectivity index (χ0n) is 11.4. The number of nitrogens with zero attached hydrogens (tertiary/aromatic N) is 1. The van der Waals surface area contributed by atoms with Gasteiger partial charge in [0.05, 0.1) is 10.7 Å². The Hall–Kier alpha value is 0.290. The molecule has 1 unspecified atom stereocenters. The summed E-state index contributed by atoms with van der Waals surface area (Å²) >= 11 is 5.97. The highest BCUT2D eigenvalue weighted by atomic mass is 32.2. The van der Waals surface area contributed by atoms with Gasteiger partial charge < -0.3 is 5.32 Å². The van der Waals surface area contributed by atoms with Crippen LogP contribution in [0.3, 0.4) is 0 Å². The minimum Gasteiger partial charge on any atom is -0.310 e. The van der Waals surface area contributed by atoms with Crippen molar-refractivity contribution in [2.45, 2.75) is 38.0 Å². The average molecular weight is 303 g/mol. The topological polar surface area (TPSA) is 24.9 Å². The van der Waals surface area contributed by atoms with Gasteiger partial charge in [-0.25, -0.2) is 4.98 Å². The first-order chi connectivity index (χ1) is 8.55. The van der Waals surface area contributed by atoms with E-state index in [0.29, 0.717) is 0 Å². The fraction of sp³-hybridized carbons (Fsp3) is 0.769. The van der Waals surface area contributed by atoms with Crippen molar-refractivity contribution in [1.82, 2.24) is 10.3 Å². The van der Waals surface area contributed by atoms with Gasteiger partial charge in [0.2, 0.25) is 0 Å². The van der Waals surface area contributed by atoms with Crippen molar-refractivity contribution in [1.29, 1.82) is 0 Å². The number of hydrogen-bond donors (Lipinski definition) is 1. The fourth-order valence-corrected chi connectivity index (χ4v) is 5.30. The van der Waals surface area contributed by atoms with Crippen LogP contribution in [0.1, 0.15) is 31.5 Å². The molecule has 2 heterocycles. The van der Waals surface area contributed by atoms with Crippen LogP contribution in [-0.2, 0) is 12.0 Å². The molecule has 1 fully saturated rings. The van der Waals surface area contributed by atoms with Crippen LogP contribution in [-0.4, -0.2) is 34.0 Å². The normalized spacial score (nSPS) is 21.2. The Bertz CT molecular complexity index is 365. The minimum atomic E-state index is 0.179. The molecule has 1 aromatic heterocycles. The Morgan fingerprint density at radius 3 is 2.83 bits per heavy atom. The first-order valence-electron chi connectivity index (χ1n) is 6.40. The van der Waals surface area contributed by atoms with Gasteiger partial charge in [-0.3, -0.25) is 0 Å². The van der Waals surface area contributed by atoms with Crippen molar-refractivity contribution < 1.29 is 0 Å². The molecule has 1 N–H and O–H groups in total. The molecule has 0 aromatic carbocycles. The van der Waals surface area contributed by atoms with Gasteiger partial charge in [-0.1, -0.05) is 20.8 Å². The maximum Gasteiger partial charge on any atom is 0.0982 e. The summed E-state index contributed by atoms with van der Waals surface area (Å²) in [5.41, 5.74) is 1.37. The van der Waals surface area contributed by atoms with E-state index in [2.05, 4.69) is 55.0 Å². The van der Waals surface area contributed by atoms with E-state index in [-0.39, 0.29) is 5.41 Å². The van der Waals surface area contributed by atoms with Crippen molar-refractivity contribution in [3.8, 4) is 0 Å².